The molecule has 2 nitrogen and oxygen atoms in total. The van der Waals surface area contributed by atoms with Gasteiger partial charge in [0, 0.05) is 12.8 Å². The standard InChI is InChI=1S/C11H11NOS/c14-9-12-11(7-4-8-11)13-10-5-2-1-3-6-10/h1-3,5-6H,4,7-8H2. The molecule has 0 atom stereocenters. The lowest BCUT2D eigenvalue weighted by molar-refractivity contribution is 0.00260. The van der Waals surface area contributed by atoms with Crippen LogP contribution in [-0.4, -0.2) is 10.9 Å². The number of nitrogens with zero attached hydrogens (tertiary/aromatic N) is 1. The maximum absolute atomic E-state index is 5.78. The third-order valence-electron chi connectivity index (χ3n) is 2.44. The van der Waals surface area contributed by atoms with Gasteiger partial charge in [-0.2, -0.15) is 4.99 Å². The summed E-state index contributed by atoms with van der Waals surface area (Å²) in [7, 11) is 0. The Morgan fingerprint density at radius 3 is 2.50 bits per heavy atom. The van der Waals surface area contributed by atoms with E-state index in [2.05, 4.69) is 22.4 Å². The Hall–Kier alpha value is -1.18. The molecule has 14 heavy (non-hydrogen) atoms. The van der Waals surface area contributed by atoms with Gasteiger partial charge in [0.15, 0.2) is 0 Å². The molecule has 3 heteroatoms. The van der Waals surface area contributed by atoms with Crippen LogP contribution in [0.1, 0.15) is 19.3 Å². The molecule has 1 saturated carbocycles. The number of para-hydroxylation sites is 1. The van der Waals surface area contributed by atoms with Crippen molar-refractivity contribution < 1.29 is 4.74 Å². The zero-order valence-electron chi connectivity index (χ0n) is 7.77. The molecule has 2 rings (SSSR count). The van der Waals surface area contributed by atoms with Gasteiger partial charge in [-0.25, -0.2) is 0 Å². The monoisotopic (exact) mass is 205 g/mol. The minimum Gasteiger partial charge on any atom is -0.465 e. The SMILES string of the molecule is S=C=NC1(Oc2ccccc2)CCC1. The smallest absolute Gasteiger partial charge is 0.209 e. The summed E-state index contributed by atoms with van der Waals surface area (Å²) in [6.07, 6.45) is 3.02. The van der Waals surface area contributed by atoms with E-state index in [9.17, 15) is 0 Å². The minimum absolute atomic E-state index is 0.414. The molecule has 0 N–H and O–H groups in total. The molecule has 0 aromatic heterocycles. The lowest BCUT2D eigenvalue weighted by atomic mass is 9.88. The molecular weight excluding hydrogens is 194 g/mol. The average Bonchev–Trinajstić information content (AvgIpc) is 2.16. The zero-order chi connectivity index (χ0) is 9.86. The number of benzene rings is 1. The molecule has 72 valence electrons. The third kappa shape index (κ3) is 1.84. The molecular formula is C11H11NOS. The normalized spacial score (nSPS) is 17.7. The van der Waals surface area contributed by atoms with E-state index in [1.807, 2.05) is 30.3 Å². The Balaban J connectivity index is 2.13. The first kappa shape index (κ1) is 9.38. The Labute approximate surface area is 88.6 Å². The Bertz CT molecular complexity index is 353. The van der Waals surface area contributed by atoms with Gasteiger partial charge in [0.1, 0.15) is 5.75 Å². The molecule has 0 amide bonds. The second-order valence-corrected chi connectivity index (χ2v) is 3.60. The second kappa shape index (κ2) is 3.91. The number of aliphatic imine (C=N–C) groups is 1. The molecule has 0 spiro atoms. The van der Waals surface area contributed by atoms with Crippen molar-refractivity contribution in [3.05, 3.63) is 30.3 Å². The number of rotatable bonds is 3. The van der Waals surface area contributed by atoms with E-state index in [4.69, 9.17) is 4.74 Å². The molecule has 0 radical (unpaired) electrons. The number of ether oxygens (including phenoxy) is 1. The Kier molecular flexibility index (Phi) is 2.62. The highest BCUT2D eigenvalue weighted by atomic mass is 32.1. The van der Waals surface area contributed by atoms with Gasteiger partial charge in [-0.3, -0.25) is 0 Å². The van der Waals surface area contributed by atoms with Gasteiger partial charge in [-0.15, -0.1) is 0 Å². The van der Waals surface area contributed by atoms with Crippen LogP contribution in [0.3, 0.4) is 0 Å². The molecule has 0 bridgehead atoms. The number of thiocarbonyl (C=S) groups is 1. The van der Waals surface area contributed by atoms with Crippen molar-refractivity contribution >= 4 is 17.4 Å². The van der Waals surface area contributed by atoms with Crippen LogP contribution in [0.5, 0.6) is 5.75 Å². The number of isothiocyanates is 1. The second-order valence-electron chi connectivity index (χ2n) is 3.42. The molecule has 1 fully saturated rings. The molecule has 0 unspecified atom stereocenters. The van der Waals surface area contributed by atoms with Crippen molar-refractivity contribution in [3.63, 3.8) is 0 Å². The lowest BCUT2D eigenvalue weighted by Crippen LogP contribution is -2.40. The van der Waals surface area contributed by atoms with Crippen LogP contribution in [0.2, 0.25) is 0 Å². The summed E-state index contributed by atoms with van der Waals surface area (Å²) in [6.45, 7) is 0. The fourth-order valence-corrected chi connectivity index (χ4v) is 1.67. The molecule has 1 aliphatic rings. The van der Waals surface area contributed by atoms with Gasteiger partial charge in [0.05, 0.1) is 5.16 Å². The fraction of sp³-hybridized carbons (Fsp3) is 0.364. The quantitative estimate of drug-likeness (QED) is 0.558. The number of hydrogen-bond donors (Lipinski definition) is 0. The fourth-order valence-electron chi connectivity index (χ4n) is 1.51. The molecule has 1 aliphatic carbocycles. The highest BCUT2D eigenvalue weighted by molar-refractivity contribution is 7.78. The van der Waals surface area contributed by atoms with E-state index in [-0.39, 0.29) is 0 Å². The summed E-state index contributed by atoms with van der Waals surface area (Å²) < 4.78 is 5.78. The topological polar surface area (TPSA) is 21.6 Å². The van der Waals surface area contributed by atoms with Crippen LogP contribution >= 0.6 is 12.2 Å². The summed E-state index contributed by atoms with van der Waals surface area (Å²) in [6, 6.07) is 9.71. The molecule has 0 heterocycles. The summed E-state index contributed by atoms with van der Waals surface area (Å²) in [5, 5.41) is 2.41. The third-order valence-corrected chi connectivity index (χ3v) is 2.53. The minimum atomic E-state index is -0.414. The van der Waals surface area contributed by atoms with Crippen molar-refractivity contribution in [2.45, 2.75) is 25.0 Å². The number of hydrogen-bond acceptors (Lipinski definition) is 3. The highest BCUT2D eigenvalue weighted by Crippen LogP contribution is 2.37. The van der Waals surface area contributed by atoms with Crippen LogP contribution in [0.4, 0.5) is 0 Å². The zero-order valence-corrected chi connectivity index (χ0v) is 8.59. The Morgan fingerprint density at radius 1 is 1.29 bits per heavy atom. The van der Waals surface area contributed by atoms with E-state index < -0.39 is 5.72 Å². The van der Waals surface area contributed by atoms with Crippen molar-refractivity contribution in [2.24, 2.45) is 4.99 Å². The van der Waals surface area contributed by atoms with E-state index in [1.54, 1.807) is 0 Å². The first-order chi connectivity index (χ1) is 6.85. The van der Waals surface area contributed by atoms with Gasteiger partial charge < -0.3 is 4.74 Å². The summed E-state index contributed by atoms with van der Waals surface area (Å²) in [5.74, 6) is 0.848. The van der Waals surface area contributed by atoms with E-state index in [1.165, 1.54) is 0 Å². The van der Waals surface area contributed by atoms with Gasteiger partial charge in [-0.1, -0.05) is 18.2 Å². The van der Waals surface area contributed by atoms with Crippen molar-refractivity contribution in [1.82, 2.24) is 0 Å². The van der Waals surface area contributed by atoms with Crippen LogP contribution < -0.4 is 4.74 Å². The van der Waals surface area contributed by atoms with Crippen LogP contribution in [0.25, 0.3) is 0 Å². The van der Waals surface area contributed by atoms with Crippen molar-refractivity contribution in [2.75, 3.05) is 0 Å². The summed E-state index contributed by atoms with van der Waals surface area (Å²) in [5.41, 5.74) is -0.414. The molecule has 1 aromatic rings. The van der Waals surface area contributed by atoms with Crippen molar-refractivity contribution in [3.8, 4) is 5.75 Å². The van der Waals surface area contributed by atoms with E-state index in [0.29, 0.717) is 0 Å². The first-order valence-corrected chi connectivity index (χ1v) is 5.09. The molecule has 1 aromatic carbocycles. The highest BCUT2D eigenvalue weighted by Gasteiger charge is 2.39. The van der Waals surface area contributed by atoms with E-state index in [0.717, 1.165) is 25.0 Å². The Morgan fingerprint density at radius 2 is 2.00 bits per heavy atom. The van der Waals surface area contributed by atoms with Crippen molar-refractivity contribution in [1.29, 1.82) is 0 Å². The van der Waals surface area contributed by atoms with Crippen LogP contribution in [0.15, 0.2) is 35.3 Å². The van der Waals surface area contributed by atoms with Crippen LogP contribution in [-0.2, 0) is 0 Å². The maximum Gasteiger partial charge on any atom is 0.209 e. The lowest BCUT2D eigenvalue weighted by Gasteiger charge is -2.36. The molecule has 0 aliphatic heterocycles. The largest absolute Gasteiger partial charge is 0.465 e. The van der Waals surface area contributed by atoms with Gasteiger partial charge >= 0.3 is 0 Å². The average molecular weight is 205 g/mol. The van der Waals surface area contributed by atoms with Gasteiger partial charge in [0.25, 0.3) is 0 Å². The van der Waals surface area contributed by atoms with Gasteiger partial charge in [-0.05, 0) is 30.8 Å². The first-order valence-electron chi connectivity index (χ1n) is 4.68. The predicted molar refractivity (Wildman–Crippen MR) is 58.7 cm³/mol. The maximum atomic E-state index is 5.78. The summed E-state index contributed by atoms with van der Waals surface area (Å²) >= 11 is 4.62. The summed E-state index contributed by atoms with van der Waals surface area (Å²) in [4.78, 5) is 4.10. The molecule has 0 saturated heterocycles. The predicted octanol–water partition coefficient (Wildman–Crippen LogP) is 3.05. The van der Waals surface area contributed by atoms with Crippen LogP contribution in [0, 0.1) is 0 Å². The van der Waals surface area contributed by atoms with E-state index >= 15 is 0 Å². The van der Waals surface area contributed by atoms with Gasteiger partial charge in [0.2, 0.25) is 5.72 Å².